The molecule has 0 saturated carbocycles. The Balaban J connectivity index is 1.79. The number of anilines is 1. The topological polar surface area (TPSA) is 89.3 Å². The van der Waals surface area contributed by atoms with Crippen LogP contribution < -0.4 is 11.1 Å². The van der Waals surface area contributed by atoms with Crippen molar-refractivity contribution in [2.75, 3.05) is 11.9 Å². The summed E-state index contributed by atoms with van der Waals surface area (Å²) in [5.41, 5.74) is 9.33. The predicted octanol–water partition coefficient (Wildman–Crippen LogP) is 3.17. The van der Waals surface area contributed by atoms with E-state index in [-0.39, 0.29) is 5.92 Å². The van der Waals surface area contributed by atoms with Crippen LogP contribution in [-0.2, 0) is 6.42 Å². The van der Waals surface area contributed by atoms with Crippen LogP contribution >= 0.6 is 0 Å². The minimum atomic E-state index is 0.281. The fourth-order valence-corrected chi connectivity index (χ4v) is 2.04. The highest BCUT2D eigenvalue weighted by molar-refractivity contribution is 5.92. The molecular formula is C17H25N5O. The molecule has 6 nitrogen and oxygen atoms in total. The van der Waals surface area contributed by atoms with Crippen LogP contribution in [0.25, 0.3) is 0 Å². The van der Waals surface area contributed by atoms with Crippen LogP contribution in [0.1, 0.15) is 49.0 Å². The van der Waals surface area contributed by atoms with Gasteiger partial charge < -0.3 is 15.6 Å². The maximum atomic E-state index is 5.90. The maximum absolute atomic E-state index is 5.90. The summed E-state index contributed by atoms with van der Waals surface area (Å²) in [5, 5.41) is 7.05. The van der Waals surface area contributed by atoms with E-state index in [0.717, 1.165) is 17.9 Å². The molecule has 1 aromatic heterocycles. The van der Waals surface area contributed by atoms with Crippen LogP contribution in [0.15, 0.2) is 27.7 Å². The van der Waals surface area contributed by atoms with E-state index in [1.807, 2.05) is 19.9 Å². The molecule has 124 valence electrons. The van der Waals surface area contributed by atoms with Crippen LogP contribution in [0.3, 0.4) is 0 Å². The van der Waals surface area contributed by atoms with Gasteiger partial charge in [0.2, 0.25) is 5.89 Å². The van der Waals surface area contributed by atoms with E-state index in [1.165, 1.54) is 11.1 Å². The number of guanidine groups is 1. The van der Waals surface area contributed by atoms with E-state index in [2.05, 4.69) is 46.4 Å². The van der Waals surface area contributed by atoms with Crippen LogP contribution in [0.4, 0.5) is 5.69 Å². The van der Waals surface area contributed by atoms with Crippen molar-refractivity contribution < 1.29 is 4.52 Å². The molecule has 0 atom stereocenters. The van der Waals surface area contributed by atoms with Crippen molar-refractivity contribution in [3.63, 3.8) is 0 Å². The number of hydrogen-bond acceptors (Lipinski definition) is 4. The van der Waals surface area contributed by atoms with Gasteiger partial charge in [-0.25, -0.2) is 0 Å². The molecule has 0 amide bonds. The van der Waals surface area contributed by atoms with E-state index < -0.39 is 0 Å². The fraction of sp³-hybridized carbons (Fsp3) is 0.471. The summed E-state index contributed by atoms with van der Waals surface area (Å²) in [6.45, 7) is 8.85. The van der Waals surface area contributed by atoms with E-state index in [4.69, 9.17) is 10.3 Å². The smallest absolute Gasteiger partial charge is 0.226 e. The number of rotatable bonds is 6. The Bertz CT molecular complexity index is 675. The minimum absolute atomic E-state index is 0.281. The van der Waals surface area contributed by atoms with Crippen LogP contribution in [0.5, 0.6) is 0 Å². The summed E-state index contributed by atoms with van der Waals surface area (Å²) < 4.78 is 5.20. The largest absolute Gasteiger partial charge is 0.370 e. The number of hydrogen-bond donors (Lipinski definition) is 2. The Labute approximate surface area is 137 Å². The lowest BCUT2D eigenvalue weighted by atomic mass is 10.1. The quantitative estimate of drug-likeness (QED) is 0.485. The molecule has 0 radical (unpaired) electrons. The first-order valence-corrected chi connectivity index (χ1v) is 7.92. The average Bonchev–Trinajstić information content (AvgIpc) is 2.97. The van der Waals surface area contributed by atoms with Gasteiger partial charge in [0.15, 0.2) is 11.8 Å². The Morgan fingerprint density at radius 2 is 2.09 bits per heavy atom. The summed E-state index contributed by atoms with van der Waals surface area (Å²) in [4.78, 5) is 8.66. The van der Waals surface area contributed by atoms with Crippen molar-refractivity contribution in [2.24, 2.45) is 10.7 Å². The summed E-state index contributed by atoms with van der Waals surface area (Å²) >= 11 is 0. The Morgan fingerprint density at radius 1 is 1.30 bits per heavy atom. The number of benzene rings is 1. The summed E-state index contributed by atoms with van der Waals surface area (Å²) in [7, 11) is 0. The van der Waals surface area contributed by atoms with Gasteiger partial charge in [-0.15, -0.1) is 0 Å². The van der Waals surface area contributed by atoms with Crippen molar-refractivity contribution in [3.8, 4) is 0 Å². The molecule has 2 aromatic rings. The summed E-state index contributed by atoms with van der Waals surface area (Å²) in [5.74, 6) is 2.11. The number of aliphatic imine (C=N–C) groups is 1. The minimum Gasteiger partial charge on any atom is -0.370 e. The molecule has 23 heavy (non-hydrogen) atoms. The molecule has 0 unspecified atom stereocenters. The summed E-state index contributed by atoms with van der Waals surface area (Å²) in [6, 6.07) is 6.12. The Morgan fingerprint density at radius 3 is 2.74 bits per heavy atom. The molecule has 0 aliphatic rings. The van der Waals surface area contributed by atoms with Gasteiger partial charge in [0, 0.05) is 24.6 Å². The average molecular weight is 315 g/mol. The third-order valence-electron chi connectivity index (χ3n) is 3.61. The molecule has 0 saturated heterocycles. The van der Waals surface area contributed by atoms with Crippen LogP contribution in [0.2, 0.25) is 0 Å². The number of nitrogens with two attached hydrogens (primary N) is 1. The lowest BCUT2D eigenvalue weighted by molar-refractivity contribution is 0.369. The van der Waals surface area contributed by atoms with E-state index in [9.17, 15) is 0 Å². The number of aromatic nitrogens is 2. The standard InChI is InChI=1S/C17H25N5O/c1-11(2)16-21-15(23-22-16)6-5-9-19-17(18)20-14-8-7-12(3)13(4)10-14/h7-8,10-11H,5-6,9H2,1-4H3,(H3,18,19,20). The number of nitrogens with one attached hydrogen (secondary N) is 1. The normalized spacial score (nSPS) is 12.0. The van der Waals surface area contributed by atoms with E-state index in [0.29, 0.717) is 24.8 Å². The highest BCUT2D eigenvalue weighted by atomic mass is 16.5. The third kappa shape index (κ3) is 5.09. The SMILES string of the molecule is Cc1ccc(NC(N)=NCCCc2nc(C(C)C)no2)cc1C. The zero-order chi connectivity index (χ0) is 16.8. The van der Waals surface area contributed by atoms with Gasteiger partial charge in [0.1, 0.15) is 0 Å². The second-order valence-electron chi connectivity index (χ2n) is 6.00. The van der Waals surface area contributed by atoms with Crippen molar-refractivity contribution in [1.82, 2.24) is 10.1 Å². The third-order valence-corrected chi connectivity index (χ3v) is 3.61. The highest BCUT2D eigenvalue weighted by Gasteiger charge is 2.08. The second kappa shape index (κ2) is 7.76. The maximum Gasteiger partial charge on any atom is 0.226 e. The molecule has 0 aliphatic carbocycles. The zero-order valence-electron chi connectivity index (χ0n) is 14.3. The molecule has 6 heteroatoms. The first kappa shape index (κ1) is 17.0. The monoisotopic (exact) mass is 315 g/mol. The molecular weight excluding hydrogens is 290 g/mol. The van der Waals surface area contributed by atoms with Gasteiger partial charge in [-0.1, -0.05) is 25.1 Å². The molecule has 3 N–H and O–H groups in total. The molecule has 1 heterocycles. The molecule has 1 aromatic carbocycles. The van der Waals surface area contributed by atoms with Crippen LogP contribution in [0, 0.1) is 13.8 Å². The van der Waals surface area contributed by atoms with Crippen LogP contribution in [-0.4, -0.2) is 22.6 Å². The first-order chi connectivity index (χ1) is 11.0. The van der Waals surface area contributed by atoms with Crippen molar-refractivity contribution in [2.45, 2.75) is 46.5 Å². The van der Waals surface area contributed by atoms with Crippen molar-refractivity contribution in [1.29, 1.82) is 0 Å². The second-order valence-corrected chi connectivity index (χ2v) is 6.00. The number of nitrogens with zero attached hydrogens (tertiary/aromatic N) is 3. The van der Waals surface area contributed by atoms with Gasteiger partial charge >= 0.3 is 0 Å². The van der Waals surface area contributed by atoms with E-state index >= 15 is 0 Å². The predicted molar refractivity (Wildman–Crippen MR) is 92.7 cm³/mol. The van der Waals surface area contributed by atoms with Gasteiger partial charge in [0.05, 0.1) is 0 Å². The molecule has 0 fully saturated rings. The van der Waals surface area contributed by atoms with Gasteiger partial charge in [-0.05, 0) is 43.5 Å². The van der Waals surface area contributed by atoms with Gasteiger partial charge in [0.25, 0.3) is 0 Å². The van der Waals surface area contributed by atoms with Crippen molar-refractivity contribution >= 4 is 11.6 Å². The fourth-order valence-electron chi connectivity index (χ4n) is 2.04. The number of aryl methyl sites for hydroxylation is 3. The lowest BCUT2D eigenvalue weighted by Crippen LogP contribution is -2.23. The molecule has 0 aliphatic heterocycles. The highest BCUT2D eigenvalue weighted by Crippen LogP contribution is 2.14. The zero-order valence-corrected chi connectivity index (χ0v) is 14.3. The first-order valence-electron chi connectivity index (χ1n) is 7.92. The molecule has 0 bridgehead atoms. The molecule has 2 rings (SSSR count). The van der Waals surface area contributed by atoms with Crippen molar-refractivity contribution in [3.05, 3.63) is 41.0 Å². The van der Waals surface area contributed by atoms with Gasteiger partial charge in [-0.2, -0.15) is 4.98 Å². The Kier molecular flexibility index (Phi) is 5.73. The van der Waals surface area contributed by atoms with E-state index in [1.54, 1.807) is 0 Å². The lowest BCUT2D eigenvalue weighted by Gasteiger charge is -2.07. The molecule has 0 spiro atoms. The Hall–Kier alpha value is -2.37. The summed E-state index contributed by atoms with van der Waals surface area (Å²) in [6.07, 6.45) is 1.52. The van der Waals surface area contributed by atoms with Gasteiger partial charge in [-0.3, -0.25) is 4.99 Å².